The van der Waals surface area contributed by atoms with Crippen LogP contribution in [0.5, 0.6) is 5.75 Å². The van der Waals surface area contributed by atoms with E-state index in [1.54, 1.807) is 12.1 Å². The zero-order valence-electron chi connectivity index (χ0n) is 9.59. The van der Waals surface area contributed by atoms with Crippen molar-refractivity contribution in [3.05, 3.63) is 29.6 Å². The van der Waals surface area contributed by atoms with Gasteiger partial charge in [0.15, 0.2) is 11.6 Å². The fourth-order valence-corrected chi connectivity index (χ4v) is 2.24. The van der Waals surface area contributed by atoms with Crippen LogP contribution in [0.1, 0.15) is 38.2 Å². The molecule has 0 bridgehead atoms. The summed E-state index contributed by atoms with van der Waals surface area (Å²) < 4.78 is 13.1. The van der Waals surface area contributed by atoms with E-state index in [4.69, 9.17) is 0 Å². The molecule has 88 valence electrons. The number of hydrogen-bond acceptors (Lipinski definition) is 2. The van der Waals surface area contributed by atoms with Crippen molar-refractivity contribution in [3.8, 4) is 5.75 Å². The first-order valence-electron chi connectivity index (χ1n) is 5.88. The normalized spacial score (nSPS) is 18.1. The lowest BCUT2D eigenvalue weighted by Crippen LogP contribution is -2.49. The molecule has 0 spiro atoms. The molecule has 3 heteroatoms. The van der Waals surface area contributed by atoms with E-state index in [0.717, 1.165) is 6.42 Å². The number of phenolic OH excluding ortho intramolecular Hbond substituents is 1. The molecule has 0 aromatic heterocycles. The van der Waals surface area contributed by atoms with Crippen LogP contribution in [0.4, 0.5) is 4.39 Å². The van der Waals surface area contributed by atoms with Crippen molar-refractivity contribution < 1.29 is 9.50 Å². The zero-order chi connectivity index (χ0) is 11.6. The van der Waals surface area contributed by atoms with E-state index in [9.17, 15) is 9.50 Å². The number of rotatable bonds is 4. The first-order chi connectivity index (χ1) is 7.67. The molecule has 1 aliphatic rings. The predicted molar refractivity (Wildman–Crippen MR) is 61.8 cm³/mol. The van der Waals surface area contributed by atoms with E-state index in [1.165, 1.54) is 25.3 Å². The van der Waals surface area contributed by atoms with Crippen molar-refractivity contribution in [3.63, 3.8) is 0 Å². The molecule has 16 heavy (non-hydrogen) atoms. The quantitative estimate of drug-likeness (QED) is 0.822. The van der Waals surface area contributed by atoms with Crippen LogP contribution in [-0.2, 0) is 6.54 Å². The number of para-hydroxylation sites is 1. The largest absolute Gasteiger partial charge is 0.505 e. The highest BCUT2D eigenvalue weighted by Gasteiger charge is 2.34. The maximum absolute atomic E-state index is 13.1. The van der Waals surface area contributed by atoms with Gasteiger partial charge in [0, 0.05) is 17.6 Å². The molecule has 0 atom stereocenters. The molecule has 1 aromatic carbocycles. The minimum Gasteiger partial charge on any atom is -0.505 e. The number of benzene rings is 1. The first kappa shape index (κ1) is 11.4. The average Bonchev–Trinajstić information content (AvgIpc) is 2.23. The lowest BCUT2D eigenvalue weighted by atomic mass is 9.75. The Morgan fingerprint density at radius 1 is 1.44 bits per heavy atom. The summed E-state index contributed by atoms with van der Waals surface area (Å²) >= 11 is 0. The van der Waals surface area contributed by atoms with Crippen molar-refractivity contribution in [2.24, 2.45) is 0 Å². The number of hydrogen-bond donors (Lipinski definition) is 2. The summed E-state index contributed by atoms with van der Waals surface area (Å²) in [6.07, 6.45) is 4.71. The van der Waals surface area contributed by atoms with Gasteiger partial charge in [-0.05, 0) is 31.7 Å². The second kappa shape index (κ2) is 4.42. The summed E-state index contributed by atoms with van der Waals surface area (Å²) in [6.45, 7) is 2.70. The summed E-state index contributed by atoms with van der Waals surface area (Å²) in [4.78, 5) is 0. The molecule has 1 saturated carbocycles. The third-order valence-electron chi connectivity index (χ3n) is 3.71. The van der Waals surface area contributed by atoms with Gasteiger partial charge in [0.1, 0.15) is 0 Å². The molecule has 0 radical (unpaired) electrons. The number of halogens is 1. The van der Waals surface area contributed by atoms with Crippen molar-refractivity contribution in [1.29, 1.82) is 0 Å². The van der Waals surface area contributed by atoms with Crippen LogP contribution >= 0.6 is 0 Å². The molecule has 2 N–H and O–H groups in total. The summed E-state index contributed by atoms with van der Waals surface area (Å²) in [5, 5.41) is 13.0. The van der Waals surface area contributed by atoms with Crippen molar-refractivity contribution in [2.45, 2.75) is 44.7 Å². The Hall–Kier alpha value is -1.09. The topological polar surface area (TPSA) is 32.3 Å². The molecule has 2 nitrogen and oxygen atoms in total. The van der Waals surface area contributed by atoms with Gasteiger partial charge in [-0.1, -0.05) is 19.1 Å². The molecular weight excluding hydrogens is 205 g/mol. The Kier molecular flexibility index (Phi) is 3.15. The minimum absolute atomic E-state index is 0.221. The van der Waals surface area contributed by atoms with E-state index in [2.05, 4.69) is 12.2 Å². The van der Waals surface area contributed by atoms with Crippen molar-refractivity contribution >= 4 is 0 Å². The van der Waals surface area contributed by atoms with Gasteiger partial charge in [-0.15, -0.1) is 0 Å². The van der Waals surface area contributed by atoms with Crippen LogP contribution < -0.4 is 5.32 Å². The Morgan fingerprint density at radius 2 is 2.19 bits per heavy atom. The lowest BCUT2D eigenvalue weighted by molar-refractivity contribution is 0.175. The van der Waals surface area contributed by atoms with Crippen molar-refractivity contribution in [2.75, 3.05) is 0 Å². The molecular formula is C13H18FNO. The first-order valence-corrected chi connectivity index (χ1v) is 5.88. The monoisotopic (exact) mass is 223 g/mol. The van der Waals surface area contributed by atoms with Gasteiger partial charge in [-0.25, -0.2) is 4.39 Å². The fourth-order valence-electron chi connectivity index (χ4n) is 2.24. The second-order valence-electron chi connectivity index (χ2n) is 4.59. The lowest BCUT2D eigenvalue weighted by Gasteiger charge is -2.42. The van der Waals surface area contributed by atoms with Gasteiger partial charge < -0.3 is 10.4 Å². The summed E-state index contributed by atoms with van der Waals surface area (Å²) in [5.74, 6) is -0.765. The third-order valence-corrected chi connectivity index (χ3v) is 3.71. The standard InChI is InChI=1S/C13H18FNO/c1-2-13(7-4-8-13)15-9-10-5-3-6-11(14)12(10)16/h3,5-6,15-16H,2,4,7-9H2,1H3. The third kappa shape index (κ3) is 2.05. The minimum atomic E-state index is -0.543. The second-order valence-corrected chi connectivity index (χ2v) is 4.59. The number of aromatic hydroxyl groups is 1. The van der Waals surface area contributed by atoms with E-state index < -0.39 is 5.82 Å². The molecule has 0 saturated heterocycles. The molecule has 1 aliphatic carbocycles. The SMILES string of the molecule is CCC1(NCc2cccc(F)c2O)CCC1. The Bertz CT molecular complexity index is 369. The number of nitrogens with one attached hydrogen (secondary N) is 1. The van der Waals surface area contributed by atoms with E-state index in [1.807, 2.05) is 0 Å². The van der Waals surface area contributed by atoms with Gasteiger partial charge in [-0.3, -0.25) is 0 Å². The van der Waals surface area contributed by atoms with Gasteiger partial charge in [-0.2, -0.15) is 0 Å². The molecule has 1 aromatic rings. The van der Waals surface area contributed by atoms with E-state index in [0.29, 0.717) is 12.1 Å². The van der Waals surface area contributed by atoms with Gasteiger partial charge >= 0.3 is 0 Å². The molecule has 2 rings (SSSR count). The van der Waals surface area contributed by atoms with Gasteiger partial charge in [0.05, 0.1) is 0 Å². The van der Waals surface area contributed by atoms with E-state index >= 15 is 0 Å². The fraction of sp³-hybridized carbons (Fsp3) is 0.538. The number of phenols is 1. The molecule has 0 heterocycles. The maximum atomic E-state index is 13.1. The van der Waals surface area contributed by atoms with Crippen LogP contribution in [0.2, 0.25) is 0 Å². The molecule has 0 amide bonds. The van der Waals surface area contributed by atoms with Crippen LogP contribution in [-0.4, -0.2) is 10.6 Å². The van der Waals surface area contributed by atoms with Crippen LogP contribution in [0.3, 0.4) is 0 Å². The van der Waals surface area contributed by atoms with Crippen LogP contribution in [0.15, 0.2) is 18.2 Å². The average molecular weight is 223 g/mol. The molecule has 0 aliphatic heterocycles. The summed E-state index contributed by atoms with van der Waals surface area (Å²) in [6, 6.07) is 4.66. The predicted octanol–water partition coefficient (Wildman–Crippen LogP) is 2.95. The van der Waals surface area contributed by atoms with Gasteiger partial charge in [0.2, 0.25) is 0 Å². The van der Waals surface area contributed by atoms with Crippen LogP contribution in [0.25, 0.3) is 0 Å². The summed E-state index contributed by atoms with van der Waals surface area (Å²) in [5.41, 5.74) is 0.860. The van der Waals surface area contributed by atoms with Crippen LogP contribution in [0, 0.1) is 5.82 Å². The Balaban J connectivity index is 2.02. The highest BCUT2D eigenvalue weighted by Crippen LogP contribution is 2.35. The van der Waals surface area contributed by atoms with Gasteiger partial charge in [0.25, 0.3) is 0 Å². The maximum Gasteiger partial charge on any atom is 0.165 e. The molecule has 0 unspecified atom stereocenters. The zero-order valence-corrected chi connectivity index (χ0v) is 9.59. The highest BCUT2D eigenvalue weighted by molar-refractivity contribution is 5.33. The smallest absolute Gasteiger partial charge is 0.165 e. The highest BCUT2D eigenvalue weighted by atomic mass is 19.1. The Labute approximate surface area is 95.5 Å². The van der Waals surface area contributed by atoms with Crippen molar-refractivity contribution in [1.82, 2.24) is 5.32 Å². The Morgan fingerprint density at radius 3 is 2.75 bits per heavy atom. The summed E-state index contributed by atoms with van der Waals surface area (Å²) in [7, 11) is 0. The molecule has 1 fully saturated rings. The van der Waals surface area contributed by atoms with E-state index in [-0.39, 0.29) is 11.3 Å².